The monoisotopic (exact) mass is 266 g/mol. The van der Waals surface area contributed by atoms with Gasteiger partial charge in [-0.15, -0.1) is 11.3 Å². The number of nitrogens with one attached hydrogen (secondary N) is 1. The van der Waals surface area contributed by atoms with Gasteiger partial charge in [-0.3, -0.25) is 0 Å². The molecular weight excluding hydrogens is 240 g/mol. The van der Waals surface area contributed by atoms with E-state index < -0.39 is 0 Å². The molecule has 3 heteroatoms. The fourth-order valence-electron chi connectivity index (χ4n) is 2.65. The average Bonchev–Trinajstić information content (AvgIpc) is 2.95. The van der Waals surface area contributed by atoms with E-state index in [1.54, 1.807) is 0 Å². The molecule has 1 aliphatic carbocycles. The van der Waals surface area contributed by atoms with E-state index in [1.807, 2.05) is 11.3 Å². The number of hydrogen-bond acceptors (Lipinski definition) is 3. The lowest BCUT2D eigenvalue weighted by Gasteiger charge is -2.28. The van der Waals surface area contributed by atoms with Crippen molar-refractivity contribution < 1.29 is 0 Å². The molecule has 0 amide bonds. The summed E-state index contributed by atoms with van der Waals surface area (Å²) in [5, 5.41) is 7.34. The highest BCUT2D eigenvalue weighted by Crippen LogP contribution is 2.41. The summed E-state index contributed by atoms with van der Waals surface area (Å²) in [4.78, 5) is 4.94. The van der Waals surface area contributed by atoms with Crippen molar-refractivity contribution in [2.24, 2.45) is 0 Å². The standard InChI is InChI=1S/C15H26N2S/c1-5-10-16-15(8-6-7-9-15)13-17-12(11-18-13)14(2,3)4/h11,16H,5-10H2,1-4H3. The zero-order chi connectivity index (χ0) is 13.2. The van der Waals surface area contributed by atoms with Crippen LogP contribution in [0.3, 0.4) is 0 Å². The van der Waals surface area contributed by atoms with Gasteiger partial charge in [0.15, 0.2) is 0 Å². The third kappa shape index (κ3) is 2.77. The highest BCUT2D eigenvalue weighted by molar-refractivity contribution is 7.09. The first-order valence-electron chi connectivity index (χ1n) is 7.19. The van der Waals surface area contributed by atoms with Crippen LogP contribution in [-0.2, 0) is 11.0 Å². The molecule has 1 aromatic rings. The third-order valence-electron chi connectivity index (χ3n) is 3.85. The fourth-order valence-corrected chi connectivity index (χ4v) is 3.93. The van der Waals surface area contributed by atoms with Crippen molar-refractivity contribution >= 4 is 11.3 Å². The van der Waals surface area contributed by atoms with Crippen LogP contribution in [0, 0.1) is 0 Å². The van der Waals surface area contributed by atoms with Gasteiger partial charge in [-0.05, 0) is 25.8 Å². The fraction of sp³-hybridized carbons (Fsp3) is 0.800. The predicted octanol–water partition coefficient (Wildman–Crippen LogP) is 4.21. The zero-order valence-corrected chi connectivity index (χ0v) is 13.0. The lowest BCUT2D eigenvalue weighted by Crippen LogP contribution is -2.40. The Morgan fingerprint density at radius 3 is 2.50 bits per heavy atom. The molecule has 0 aliphatic heterocycles. The minimum absolute atomic E-state index is 0.166. The second-order valence-corrected chi connectivity index (χ2v) is 7.36. The molecule has 0 radical (unpaired) electrons. The van der Waals surface area contributed by atoms with Crippen LogP contribution in [0.4, 0.5) is 0 Å². The number of hydrogen-bond donors (Lipinski definition) is 1. The first-order chi connectivity index (χ1) is 8.48. The van der Waals surface area contributed by atoms with Gasteiger partial charge in [-0.2, -0.15) is 0 Å². The molecule has 1 aliphatic rings. The first kappa shape index (κ1) is 14.0. The highest BCUT2D eigenvalue weighted by Gasteiger charge is 2.38. The van der Waals surface area contributed by atoms with Crippen LogP contribution in [0.25, 0.3) is 0 Å². The molecule has 0 atom stereocenters. The molecule has 0 bridgehead atoms. The van der Waals surface area contributed by atoms with E-state index in [0.717, 1.165) is 6.54 Å². The molecule has 1 saturated carbocycles. The quantitative estimate of drug-likeness (QED) is 0.883. The normalized spacial score (nSPS) is 19.3. The Labute approximate surface area is 115 Å². The van der Waals surface area contributed by atoms with Crippen molar-refractivity contribution in [2.45, 2.75) is 70.8 Å². The van der Waals surface area contributed by atoms with E-state index in [2.05, 4.69) is 38.4 Å². The molecule has 1 aromatic heterocycles. The number of aromatic nitrogens is 1. The highest BCUT2D eigenvalue weighted by atomic mass is 32.1. The Hall–Kier alpha value is -0.410. The first-order valence-corrected chi connectivity index (χ1v) is 8.07. The van der Waals surface area contributed by atoms with Gasteiger partial charge in [0.2, 0.25) is 0 Å². The van der Waals surface area contributed by atoms with Crippen LogP contribution >= 0.6 is 11.3 Å². The molecule has 2 nitrogen and oxygen atoms in total. The number of thiazole rings is 1. The van der Waals surface area contributed by atoms with Crippen molar-refractivity contribution in [3.63, 3.8) is 0 Å². The SMILES string of the molecule is CCCNC1(c2nc(C(C)(C)C)cs2)CCCC1. The predicted molar refractivity (Wildman–Crippen MR) is 79.3 cm³/mol. The van der Waals surface area contributed by atoms with E-state index in [-0.39, 0.29) is 11.0 Å². The molecule has 1 heterocycles. The summed E-state index contributed by atoms with van der Waals surface area (Å²) in [7, 11) is 0. The maximum absolute atomic E-state index is 4.94. The van der Waals surface area contributed by atoms with E-state index in [4.69, 9.17) is 4.98 Å². The lowest BCUT2D eigenvalue weighted by molar-refractivity contribution is 0.339. The molecule has 18 heavy (non-hydrogen) atoms. The van der Waals surface area contributed by atoms with E-state index in [0.29, 0.717) is 0 Å². The number of nitrogens with zero attached hydrogens (tertiary/aromatic N) is 1. The zero-order valence-electron chi connectivity index (χ0n) is 12.2. The molecule has 0 unspecified atom stereocenters. The molecule has 0 saturated heterocycles. The molecule has 0 aromatic carbocycles. The summed E-state index contributed by atoms with van der Waals surface area (Å²) in [6.07, 6.45) is 6.37. The van der Waals surface area contributed by atoms with Crippen LogP contribution in [0.2, 0.25) is 0 Å². The van der Waals surface area contributed by atoms with Crippen LogP contribution in [0.5, 0.6) is 0 Å². The molecule has 2 rings (SSSR count). The summed E-state index contributed by atoms with van der Waals surface area (Å²) >= 11 is 1.85. The maximum Gasteiger partial charge on any atom is 0.113 e. The maximum atomic E-state index is 4.94. The van der Waals surface area contributed by atoms with Crippen LogP contribution in [0.1, 0.15) is 70.5 Å². The van der Waals surface area contributed by atoms with Crippen LogP contribution in [0.15, 0.2) is 5.38 Å². The van der Waals surface area contributed by atoms with Gasteiger partial charge < -0.3 is 5.32 Å². The Kier molecular flexibility index (Phi) is 4.12. The van der Waals surface area contributed by atoms with Gasteiger partial charge in [0, 0.05) is 10.8 Å². The average molecular weight is 266 g/mol. The van der Waals surface area contributed by atoms with E-state index in [9.17, 15) is 0 Å². The second kappa shape index (κ2) is 5.30. The molecule has 1 fully saturated rings. The van der Waals surface area contributed by atoms with Gasteiger partial charge in [0.25, 0.3) is 0 Å². The smallest absolute Gasteiger partial charge is 0.113 e. The largest absolute Gasteiger partial charge is 0.305 e. The van der Waals surface area contributed by atoms with Gasteiger partial charge in [0.1, 0.15) is 5.01 Å². The molecular formula is C15H26N2S. The Morgan fingerprint density at radius 2 is 2.00 bits per heavy atom. The Balaban J connectivity index is 2.23. The molecule has 0 spiro atoms. The van der Waals surface area contributed by atoms with Crippen LogP contribution < -0.4 is 5.32 Å². The third-order valence-corrected chi connectivity index (χ3v) is 4.90. The van der Waals surface area contributed by atoms with E-state index >= 15 is 0 Å². The Bertz CT molecular complexity index is 383. The molecule has 102 valence electrons. The summed E-state index contributed by atoms with van der Waals surface area (Å²) in [5.74, 6) is 0. The van der Waals surface area contributed by atoms with Gasteiger partial charge in [-0.1, -0.05) is 40.5 Å². The van der Waals surface area contributed by atoms with Crippen molar-refractivity contribution in [2.75, 3.05) is 6.54 Å². The van der Waals surface area contributed by atoms with Gasteiger partial charge >= 0.3 is 0 Å². The summed E-state index contributed by atoms with van der Waals surface area (Å²) < 4.78 is 0. The van der Waals surface area contributed by atoms with Crippen molar-refractivity contribution in [3.05, 3.63) is 16.1 Å². The topological polar surface area (TPSA) is 24.9 Å². The summed E-state index contributed by atoms with van der Waals surface area (Å²) in [5.41, 5.74) is 1.59. The Morgan fingerprint density at radius 1 is 1.33 bits per heavy atom. The second-order valence-electron chi connectivity index (χ2n) is 6.50. The van der Waals surface area contributed by atoms with Crippen LogP contribution in [-0.4, -0.2) is 11.5 Å². The van der Waals surface area contributed by atoms with Gasteiger partial charge in [-0.25, -0.2) is 4.98 Å². The summed E-state index contributed by atoms with van der Waals surface area (Å²) in [6, 6.07) is 0. The lowest BCUT2D eigenvalue weighted by atomic mass is 9.93. The van der Waals surface area contributed by atoms with Crippen molar-refractivity contribution in [1.29, 1.82) is 0 Å². The minimum atomic E-state index is 0.166. The minimum Gasteiger partial charge on any atom is -0.305 e. The van der Waals surface area contributed by atoms with E-state index in [1.165, 1.54) is 42.8 Å². The molecule has 1 N–H and O–H groups in total. The van der Waals surface area contributed by atoms with Crippen molar-refractivity contribution in [3.8, 4) is 0 Å². The number of rotatable bonds is 4. The van der Waals surface area contributed by atoms with Crippen molar-refractivity contribution in [1.82, 2.24) is 10.3 Å². The summed E-state index contributed by atoms with van der Waals surface area (Å²) in [6.45, 7) is 10.1. The van der Waals surface area contributed by atoms with Gasteiger partial charge in [0.05, 0.1) is 11.2 Å².